The molecule has 0 saturated heterocycles. The van der Waals surface area contributed by atoms with Crippen LogP contribution in [0.25, 0.3) is 22.4 Å². The highest BCUT2D eigenvalue weighted by molar-refractivity contribution is 5.82. The molecular weight excluding hydrogens is 260 g/mol. The second-order valence-electron chi connectivity index (χ2n) is 5.60. The Labute approximate surface area is 124 Å². The summed E-state index contributed by atoms with van der Waals surface area (Å²) in [5.41, 5.74) is 5.15. The van der Waals surface area contributed by atoms with Gasteiger partial charge < -0.3 is 9.67 Å². The van der Waals surface area contributed by atoms with Gasteiger partial charge in [-0.05, 0) is 55.7 Å². The van der Waals surface area contributed by atoms with Crippen LogP contribution >= 0.6 is 0 Å². The molecule has 0 radical (unpaired) electrons. The van der Waals surface area contributed by atoms with Crippen molar-refractivity contribution in [1.29, 1.82) is 0 Å². The SMILES string of the molecule is CCCn1c(-c2ccc(C)cc2O)nc2cc(C)ccc21. The minimum Gasteiger partial charge on any atom is -0.507 e. The van der Waals surface area contributed by atoms with E-state index >= 15 is 0 Å². The summed E-state index contributed by atoms with van der Waals surface area (Å²) in [6.07, 6.45) is 1.03. The monoisotopic (exact) mass is 280 g/mol. The number of rotatable bonds is 3. The highest BCUT2D eigenvalue weighted by Gasteiger charge is 2.15. The van der Waals surface area contributed by atoms with Gasteiger partial charge in [0.15, 0.2) is 0 Å². The summed E-state index contributed by atoms with van der Waals surface area (Å²) in [4.78, 5) is 4.76. The summed E-state index contributed by atoms with van der Waals surface area (Å²) in [5, 5.41) is 10.3. The van der Waals surface area contributed by atoms with Gasteiger partial charge in [0, 0.05) is 6.54 Å². The predicted octanol–water partition coefficient (Wildman–Crippen LogP) is 4.44. The van der Waals surface area contributed by atoms with Gasteiger partial charge in [-0.1, -0.05) is 19.1 Å². The minimum absolute atomic E-state index is 0.291. The van der Waals surface area contributed by atoms with Crippen molar-refractivity contribution in [2.45, 2.75) is 33.7 Å². The van der Waals surface area contributed by atoms with E-state index in [1.807, 2.05) is 19.1 Å². The van der Waals surface area contributed by atoms with E-state index < -0.39 is 0 Å². The maximum absolute atomic E-state index is 10.3. The van der Waals surface area contributed by atoms with E-state index in [1.54, 1.807) is 6.07 Å². The number of imidazole rings is 1. The lowest BCUT2D eigenvalue weighted by Gasteiger charge is -2.09. The molecule has 0 saturated carbocycles. The zero-order chi connectivity index (χ0) is 15.0. The van der Waals surface area contributed by atoms with Crippen LogP contribution in [0.3, 0.4) is 0 Å². The first-order chi connectivity index (χ1) is 10.1. The molecule has 0 spiro atoms. The van der Waals surface area contributed by atoms with E-state index in [0.29, 0.717) is 5.75 Å². The number of phenolic OH excluding ortho intramolecular Hbond substituents is 1. The maximum atomic E-state index is 10.3. The molecule has 0 amide bonds. The summed E-state index contributed by atoms with van der Waals surface area (Å²) < 4.78 is 2.19. The number of hydrogen-bond donors (Lipinski definition) is 1. The Kier molecular flexibility index (Phi) is 3.42. The number of aryl methyl sites for hydroxylation is 3. The van der Waals surface area contributed by atoms with E-state index in [9.17, 15) is 5.11 Å². The van der Waals surface area contributed by atoms with Gasteiger partial charge in [0.25, 0.3) is 0 Å². The molecule has 3 aromatic rings. The second-order valence-corrected chi connectivity index (χ2v) is 5.60. The van der Waals surface area contributed by atoms with Crippen LogP contribution in [0, 0.1) is 13.8 Å². The van der Waals surface area contributed by atoms with Crippen molar-refractivity contribution < 1.29 is 5.11 Å². The van der Waals surface area contributed by atoms with Crippen LogP contribution in [0.5, 0.6) is 5.75 Å². The largest absolute Gasteiger partial charge is 0.507 e. The van der Waals surface area contributed by atoms with E-state index in [1.165, 1.54) is 5.56 Å². The van der Waals surface area contributed by atoms with Gasteiger partial charge >= 0.3 is 0 Å². The third-order valence-corrected chi connectivity index (χ3v) is 3.75. The molecule has 108 valence electrons. The van der Waals surface area contributed by atoms with E-state index in [4.69, 9.17) is 4.98 Å². The molecule has 21 heavy (non-hydrogen) atoms. The first-order valence-corrected chi connectivity index (χ1v) is 7.37. The summed E-state index contributed by atoms with van der Waals surface area (Å²) in [7, 11) is 0. The Morgan fingerprint density at radius 1 is 1.05 bits per heavy atom. The average molecular weight is 280 g/mol. The average Bonchev–Trinajstić information content (AvgIpc) is 2.77. The third kappa shape index (κ3) is 2.40. The van der Waals surface area contributed by atoms with Crippen LogP contribution in [-0.4, -0.2) is 14.7 Å². The summed E-state index contributed by atoms with van der Waals surface area (Å²) in [6, 6.07) is 12.1. The van der Waals surface area contributed by atoms with Crippen molar-refractivity contribution in [3.63, 3.8) is 0 Å². The molecule has 3 heteroatoms. The quantitative estimate of drug-likeness (QED) is 0.770. The number of aromatic nitrogens is 2. The molecule has 2 aromatic carbocycles. The molecule has 0 aliphatic rings. The Bertz CT molecular complexity index is 802. The highest BCUT2D eigenvalue weighted by atomic mass is 16.3. The topological polar surface area (TPSA) is 38.0 Å². The van der Waals surface area contributed by atoms with Crippen LogP contribution in [0.1, 0.15) is 24.5 Å². The molecule has 0 atom stereocenters. The van der Waals surface area contributed by atoms with Gasteiger partial charge in [-0.2, -0.15) is 0 Å². The van der Waals surface area contributed by atoms with Gasteiger partial charge in [-0.15, -0.1) is 0 Å². The van der Waals surface area contributed by atoms with Gasteiger partial charge in [-0.3, -0.25) is 0 Å². The molecule has 1 heterocycles. The molecular formula is C18H20N2O. The lowest BCUT2D eigenvalue weighted by Crippen LogP contribution is -2.00. The van der Waals surface area contributed by atoms with Crippen LogP contribution in [0.2, 0.25) is 0 Å². The molecule has 0 aliphatic heterocycles. The molecule has 0 unspecified atom stereocenters. The summed E-state index contributed by atoms with van der Waals surface area (Å²) >= 11 is 0. The van der Waals surface area contributed by atoms with Gasteiger partial charge in [0.1, 0.15) is 11.6 Å². The number of aromatic hydroxyl groups is 1. The molecule has 3 nitrogen and oxygen atoms in total. The molecule has 0 aliphatic carbocycles. The lowest BCUT2D eigenvalue weighted by atomic mass is 10.1. The van der Waals surface area contributed by atoms with Gasteiger partial charge in [0.2, 0.25) is 0 Å². The molecule has 0 bridgehead atoms. The van der Waals surface area contributed by atoms with Crippen molar-refractivity contribution in [3.8, 4) is 17.1 Å². The van der Waals surface area contributed by atoms with Crippen molar-refractivity contribution in [2.24, 2.45) is 0 Å². The normalized spacial score (nSPS) is 11.2. The van der Waals surface area contributed by atoms with Crippen LogP contribution < -0.4 is 0 Å². The zero-order valence-corrected chi connectivity index (χ0v) is 12.7. The van der Waals surface area contributed by atoms with Crippen LogP contribution in [0.15, 0.2) is 36.4 Å². The van der Waals surface area contributed by atoms with E-state index in [0.717, 1.165) is 41.0 Å². The maximum Gasteiger partial charge on any atom is 0.144 e. The molecule has 3 rings (SSSR count). The highest BCUT2D eigenvalue weighted by Crippen LogP contribution is 2.32. The molecule has 1 N–H and O–H groups in total. The van der Waals surface area contributed by atoms with Gasteiger partial charge in [0.05, 0.1) is 16.6 Å². The zero-order valence-electron chi connectivity index (χ0n) is 12.7. The summed E-state index contributed by atoms with van der Waals surface area (Å²) in [5.74, 6) is 1.13. The molecule has 0 fully saturated rings. The Balaban J connectivity index is 2.27. The van der Waals surface area contributed by atoms with Crippen molar-refractivity contribution in [1.82, 2.24) is 9.55 Å². The van der Waals surface area contributed by atoms with Crippen molar-refractivity contribution in [2.75, 3.05) is 0 Å². The fraction of sp³-hybridized carbons (Fsp3) is 0.278. The van der Waals surface area contributed by atoms with Crippen LogP contribution in [0.4, 0.5) is 0 Å². The lowest BCUT2D eigenvalue weighted by molar-refractivity contribution is 0.476. The number of nitrogens with zero attached hydrogens (tertiary/aromatic N) is 2. The van der Waals surface area contributed by atoms with Crippen LogP contribution in [-0.2, 0) is 6.54 Å². The predicted molar refractivity (Wildman–Crippen MR) is 86.6 cm³/mol. The van der Waals surface area contributed by atoms with E-state index in [-0.39, 0.29) is 0 Å². The fourth-order valence-electron chi connectivity index (χ4n) is 2.73. The number of hydrogen-bond acceptors (Lipinski definition) is 2. The number of benzene rings is 2. The van der Waals surface area contributed by atoms with E-state index in [2.05, 4.69) is 36.6 Å². The smallest absolute Gasteiger partial charge is 0.144 e. The first kappa shape index (κ1) is 13.7. The fourth-order valence-corrected chi connectivity index (χ4v) is 2.73. The van der Waals surface area contributed by atoms with Crippen molar-refractivity contribution in [3.05, 3.63) is 47.5 Å². The Hall–Kier alpha value is -2.29. The van der Waals surface area contributed by atoms with Crippen molar-refractivity contribution >= 4 is 11.0 Å². The minimum atomic E-state index is 0.291. The second kappa shape index (κ2) is 5.24. The number of fused-ring (bicyclic) bond motifs is 1. The number of phenols is 1. The Morgan fingerprint density at radius 3 is 2.48 bits per heavy atom. The third-order valence-electron chi connectivity index (χ3n) is 3.75. The molecule has 1 aromatic heterocycles. The Morgan fingerprint density at radius 2 is 1.76 bits per heavy atom. The standard InChI is InChI=1S/C18H20N2O/c1-4-9-20-16-8-6-12(2)10-15(16)19-18(20)14-7-5-13(3)11-17(14)21/h5-8,10-11,21H,4,9H2,1-3H3. The first-order valence-electron chi connectivity index (χ1n) is 7.37. The summed E-state index contributed by atoms with van der Waals surface area (Å²) in [6.45, 7) is 7.09. The van der Waals surface area contributed by atoms with Gasteiger partial charge in [-0.25, -0.2) is 4.98 Å².